The fraction of sp³-hybridized carbons (Fsp3) is 0.545. The highest BCUT2D eigenvalue weighted by molar-refractivity contribution is 6.02. The Balaban J connectivity index is 1.51. The monoisotopic (exact) mass is 423 g/mol. The van der Waals surface area contributed by atoms with Crippen LogP contribution in [-0.2, 0) is 0 Å². The summed E-state index contributed by atoms with van der Waals surface area (Å²) in [5, 5.41) is 19.6. The van der Waals surface area contributed by atoms with Gasteiger partial charge in [0, 0.05) is 18.3 Å². The SMILES string of the molecule is C[C@@H]1CC[C@@H](Nc2c(C(N)=O)cnn3cc(-c4nnc(NC5CCC5)o4)cc23)C1(C)C. The first-order chi connectivity index (χ1) is 14.8. The molecule has 9 nitrogen and oxygen atoms in total. The number of hydrogen-bond acceptors (Lipinski definition) is 7. The van der Waals surface area contributed by atoms with Gasteiger partial charge in [-0.1, -0.05) is 25.9 Å². The number of nitrogens with two attached hydrogens (primary N) is 1. The summed E-state index contributed by atoms with van der Waals surface area (Å²) in [6.45, 7) is 6.81. The molecule has 0 bridgehead atoms. The van der Waals surface area contributed by atoms with Gasteiger partial charge in [-0.05, 0) is 49.5 Å². The summed E-state index contributed by atoms with van der Waals surface area (Å²) in [6.07, 6.45) is 9.00. The van der Waals surface area contributed by atoms with Crippen molar-refractivity contribution in [1.29, 1.82) is 0 Å². The Morgan fingerprint density at radius 3 is 2.68 bits per heavy atom. The van der Waals surface area contributed by atoms with Crippen LogP contribution >= 0.6 is 0 Å². The summed E-state index contributed by atoms with van der Waals surface area (Å²) in [5.41, 5.74) is 8.36. The zero-order chi connectivity index (χ0) is 21.8. The number of rotatable bonds is 6. The highest BCUT2D eigenvalue weighted by Crippen LogP contribution is 2.44. The molecule has 0 spiro atoms. The van der Waals surface area contributed by atoms with Crippen LogP contribution in [0.3, 0.4) is 0 Å². The number of amides is 1. The average molecular weight is 424 g/mol. The van der Waals surface area contributed by atoms with Crippen LogP contribution in [-0.4, -0.2) is 37.8 Å². The summed E-state index contributed by atoms with van der Waals surface area (Å²) < 4.78 is 7.54. The fourth-order valence-corrected chi connectivity index (χ4v) is 4.57. The molecule has 0 radical (unpaired) electrons. The normalized spacial score (nSPS) is 23.1. The molecule has 0 unspecified atom stereocenters. The lowest BCUT2D eigenvalue weighted by Gasteiger charge is -2.33. The molecule has 0 saturated heterocycles. The summed E-state index contributed by atoms with van der Waals surface area (Å²) in [4.78, 5) is 12.2. The first-order valence-corrected chi connectivity index (χ1v) is 11.0. The van der Waals surface area contributed by atoms with Gasteiger partial charge in [-0.3, -0.25) is 4.79 Å². The molecule has 1 amide bonds. The van der Waals surface area contributed by atoms with Crippen LogP contribution in [0.1, 0.15) is 63.2 Å². The first kappa shape index (κ1) is 19.8. The Hall–Kier alpha value is -3.10. The maximum atomic E-state index is 12.2. The molecule has 2 aliphatic rings. The van der Waals surface area contributed by atoms with E-state index in [4.69, 9.17) is 10.2 Å². The quantitative estimate of drug-likeness (QED) is 0.552. The fourth-order valence-electron chi connectivity index (χ4n) is 4.57. The number of hydrogen-bond donors (Lipinski definition) is 3. The maximum Gasteiger partial charge on any atom is 0.315 e. The van der Waals surface area contributed by atoms with Crippen LogP contribution in [0.5, 0.6) is 0 Å². The molecule has 4 N–H and O–H groups in total. The molecule has 3 aromatic heterocycles. The highest BCUT2D eigenvalue weighted by Gasteiger charge is 2.41. The van der Waals surface area contributed by atoms with E-state index in [0.717, 1.165) is 36.8 Å². The van der Waals surface area contributed by atoms with E-state index in [1.165, 1.54) is 12.6 Å². The minimum absolute atomic E-state index is 0.0964. The van der Waals surface area contributed by atoms with Gasteiger partial charge in [0.2, 0.25) is 0 Å². The predicted molar refractivity (Wildman–Crippen MR) is 118 cm³/mol. The van der Waals surface area contributed by atoms with Crippen molar-refractivity contribution in [3.05, 3.63) is 24.0 Å². The standard InChI is InChI=1S/C22H29N7O2/c1-12-7-8-17(22(12,2)3)26-18-15(19(23)30)10-24-29-11-13(9-16(18)29)20-27-28-21(31-20)25-14-5-4-6-14/h9-12,14,17,26H,4-8H2,1-3H3,(H2,23,30)(H,25,28)/t12-,17-/m1/s1. The van der Waals surface area contributed by atoms with Gasteiger partial charge in [0.05, 0.1) is 28.5 Å². The Bertz CT molecular complexity index is 1130. The van der Waals surface area contributed by atoms with E-state index in [9.17, 15) is 4.79 Å². The van der Waals surface area contributed by atoms with E-state index in [0.29, 0.717) is 35.1 Å². The maximum absolute atomic E-state index is 12.2. The zero-order valence-electron chi connectivity index (χ0n) is 18.2. The van der Waals surface area contributed by atoms with Crippen molar-refractivity contribution in [2.75, 3.05) is 10.6 Å². The lowest BCUT2D eigenvalue weighted by Crippen LogP contribution is -2.35. The van der Waals surface area contributed by atoms with Crippen molar-refractivity contribution in [3.8, 4) is 11.5 Å². The van der Waals surface area contributed by atoms with Gasteiger partial charge in [0.15, 0.2) is 0 Å². The third kappa shape index (κ3) is 3.41. The largest absolute Gasteiger partial charge is 0.403 e. The molecule has 2 aliphatic carbocycles. The van der Waals surface area contributed by atoms with Crippen molar-refractivity contribution in [2.24, 2.45) is 17.1 Å². The van der Waals surface area contributed by atoms with Crippen molar-refractivity contribution >= 4 is 23.1 Å². The number of nitrogens with one attached hydrogen (secondary N) is 2. The van der Waals surface area contributed by atoms with Crippen molar-refractivity contribution < 1.29 is 9.21 Å². The van der Waals surface area contributed by atoms with E-state index in [1.807, 2.05) is 12.3 Å². The van der Waals surface area contributed by atoms with Gasteiger partial charge in [-0.25, -0.2) is 4.52 Å². The third-order valence-electron chi connectivity index (χ3n) is 7.38. The number of carbonyl (C=O) groups is 1. The Morgan fingerprint density at radius 1 is 1.23 bits per heavy atom. The van der Waals surface area contributed by atoms with Crippen molar-refractivity contribution in [3.63, 3.8) is 0 Å². The molecule has 5 rings (SSSR count). The van der Waals surface area contributed by atoms with E-state index in [-0.39, 0.29) is 11.5 Å². The second kappa shape index (κ2) is 7.25. The molecule has 2 saturated carbocycles. The van der Waals surface area contributed by atoms with Crippen molar-refractivity contribution in [2.45, 2.75) is 65.0 Å². The third-order valence-corrected chi connectivity index (χ3v) is 7.38. The van der Waals surface area contributed by atoms with Crippen LogP contribution in [0.4, 0.5) is 11.7 Å². The smallest absolute Gasteiger partial charge is 0.315 e. The van der Waals surface area contributed by atoms with Crippen LogP contribution in [0.2, 0.25) is 0 Å². The predicted octanol–water partition coefficient (Wildman–Crippen LogP) is 3.68. The van der Waals surface area contributed by atoms with Crippen LogP contribution in [0.15, 0.2) is 22.9 Å². The number of primary amides is 1. The lowest BCUT2D eigenvalue weighted by atomic mass is 9.80. The number of anilines is 2. The molecule has 3 aromatic rings. The van der Waals surface area contributed by atoms with Crippen LogP contribution in [0, 0.1) is 11.3 Å². The van der Waals surface area contributed by atoms with Gasteiger partial charge in [0.25, 0.3) is 11.8 Å². The lowest BCUT2D eigenvalue weighted by molar-refractivity contribution is 0.100. The molecule has 0 aliphatic heterocycles. The van der Waals surface area contributed by atoms with Gasteiger partial charge in [-0.15, -0.1) is 5.10 Å². The molecule has 2 fully saturated rings. The van der Waals surface area contributed by atoms with E-state index < -0.39 is 5.91 Å². The molecule has 3 heterocycles. The minimum atomic E-state index is -0.506. The number of nitrogens with zero attached hydrogens (tertiary/aromatic N) is 4. The Morgan fingerprint density at radius 2 is 2.03 bits per heavy atom. The van der Waals surface area contributed by atoms with Crippen LogP contribution in [0.25, 0.3) is 17.0 Å². The molecule has 31 heavy (non-hydrogen) atoms. The van der Waals surface area contributed by atoms with E-state index in [1.54, 1.807) is 4.52 Å². The minimum Gasteiger partial charge on any atom is -0.403 e. The van der Waals surface area contributed by atoms with Gasteiger partial charge >= 0.3 is 6.01 Å². The van der Waals surface area contributed by atoms with Gasteiger partial charge < -0.3 is 20.8 Å². The summed E-state index contributed by atoms with van der Waals surface area (Å²) in [5.74, 6) is 0.491. The van der Waals surface area contributed by atoms with Gasteiger partial charge in [-0.2, -0.15) is 5.10 Å². The van der Waals surface area contributed by atoms with Crippen LogP contribution < -0.4 is 16.4 Å². The molecule has 164 valence electrons. The molecule has 0 aromatic carbocycles. The number of fused-ring (bicyclic) bond motifs is 1. The number of carbonyl (C=O) groups excluding carboxylic acids is 1. The van der Waals surface area contributed by atoms with Gasteiger partial charge in [0.1, 0.15) is 0 Å². The second-order valence-electron chi connectivity index (χ2n) is 9.54. The summed E-state index contributed by atoms with van der Waals surface area (Å²) in [6, 6.07) is 2.98. The van der Waals surface area contributed by atoms with E-state index in [2.05, 4.69) is 46.7 Å². The highest BCUT2D eigenvalue weighted by atomic mass is 16.4. The molecular weight excluding hydrogens is 394 g/mol. The Kier molecular flexibility index (Phi) is 4.64. The van der Waals surface area contributed by atoms with E-state index >= 15 is 0 Å². The summed E-state index contributed by atoms with van der Waals surface area (Å²) >= 11 is 0. The second-order valence-corrected chi connectivity index (χ2v) is 9.54. The Labute approximate surface area is 180 Å². The number of aromatic nitrogens is 4. The molecule has 9 heteroatoms. The molecular formula is C22H29N7O2. The topological polar surface area (TPSA) is 123 Å². The first-order valence-electron chi connectivity index (χ1n) is 11.0. The van der Waals surface area contributed by atoms with Crippen molar-refractivity contribution in [1.82, 2.24) is 19.8 Å². The summed E-state index contributed by atoms with van der Waals surface area (Å²) in [7, 11) is 0. The average Bonchev–Trinajstić information content (AvgIpc) is 3.38. The zero-order valence-corrected chi connectivity index (χ0v) is 18.2. The molecule has 2 atom stereocenters.